The lowest BCUT2D eigenvalue weighted by atomic mass is 9.79. The van der Waals surface area contributed by atoms with Crippen LogP contribution in [0.2, 0.25) is 0 Å². The molecule has 0 aromatic heterocycles. The zero-order chi connectivity index (χ0) is 33.8. The summed E-state index contributed by atoms with van der Waals surface area (Å²) < 4.78 is 0. The van der Waals surface area contributed by atoms with Gasteiger partial charge in [0.2, 0.25) is 0 Å². The molecule has 50 heavy (non-hydrogen) atoms. The van der Waals surface area contributed by atoms with E-state index < -0.39 is 0 Å². The Hall–Kier alpha value is -4.10. The fraction of sp³-hybridized carbons (Fsp3) is 0.388. The van der Waals surface area contributed by atoms with Gasteiger partial charge in [0, 0.05) is 27.9 Å². The summed E-state index contributed by atoms with van der Waals surface area (Å²) in [5, 5.41) is 0. The average molecular weight is 654 g/mol. The van der Waals surface area contributed by atoms with Gasteiger partial charge in [0.05, 0.1) is 0 Å². The fourth-order valence-corrected chi connectivity index (χ4v) is 11.4. The summed E-state index contributed by atoms with van der Waals surface area (Å²) in [6, 6.07) is 40.7. The molecule has 0 spiro atoms. The van der Waals surface area contributed by atoms with Gasteiger partial charge in [0.1, 0.15) is 0 Å². The first-order valence-electron chi connectivity index (χ1n) is 19.7. The van der Waals surface area contributed by atoms with E-state index >= 15 is 0 Å². The number of benzene rings is 5. The van der Waals surface area contributed by atoms with Crippen LogP contribution in [-0.2, 0) is 10.8 Å². The molecule has 3 unspecified atom stereocenters. The van der Waals surface area contributed by atoms with Crippen LogP contribution in [0.4, 0.5) is 17.1 Å². The van der Waals surface area contributed by atoms with Gasteiger partial charge in [0.25, 0.3) is 0 Å². The minimum Gasteiger partial charge on any atom is -0.310 e. The summed E-state index contributed by atoms with van der Waals surface area (Å²) in [4.78, 5) is 2.53. The highest BCUT2D eigenvalue weighted by molar-refractivity contribution is 5.99. The molecule has 10 rings (SSSR count). The summed E-state index contributed by atoms with van der Waals surface area (Å²) in [6.45, 7) is 9.67. The predicted molar refractivity (Wildman–Crippen MR) is 210 cm³/mol. The number of rotatable bonds is 5. The van der Waals surface area contributed by atoms with Gasteiger partial charge in [-0.15, -0.1) is 0 Å². The highest BCUT2D eigenvalue weighted by Gasteiger charge is 2.44. The Kier molecular flexibility index (Phi) is 6.88. The number of hydrogen-bond acceptors (Lipinski definition) is 1. The zero-order valence-corrected chi connectivity index (χ0v) is 30.4. The van der Waals surface area contributed by atoms with Gasteiger partial charge in [-0.2, -0.15) is 0 Å². The van der Waals surface area contributed by atoms with Crippen LogP contribution >= 0.6 is 0 Å². The highest BCUT2D eigenvalue weighted by Crippen LogP contribution is 2.60. The van der Waals surface area contributed by atoms with Crippen LogP contribution in [0.3, 0.4) is 0 Å². The maximum Gasteiger partial charge on any atom is 0.0465 e. The first-order valence-corrected chi connectivity index (χ1v) is 19.7. The van der Waals surface area contributed by atoms with E-state index in [1.54, 1.807) is 5.56 Å². The molecule has 0 radical (unpaired) electrons. The van der Waals surface area contributed by atoms with Crippen molar-refractivity contribution < 1.29 is 0 Å². The van der Waals surface area contributed by atoms with E-state index in [9.17, 15) is 0 Å². The maximum absolute atomic E-state index is 2.53. The van der Waals surface area contributed by atoms with Crippen molar-refractivity contribution in [1.82, 2.24) is 0 Å². The van der Waals surface area contributed by atoms with Crippen molar-refractivity contribution in [2.45, 2.75) is 108 Å². The molecule has 0 aliphatic heterocycles. The minimum absolute atomic E-state index is 0.00140. The second-order valence-electron chi connectivity index (χ2n) is 17.6. The number of hydrogen-bond donors (Lipinski definition) is 0. The second kappa shape index (κ2) is 11.2. The Morgan fingerprint density at radius 1 is 0.500 bits per heavy atom. The van der Waals surface area contributed by atoms with E-state index in [1.165, 1.54) is 125 Å². The third-order valence-electron chi connectivity index (χ3n) is 14.2. The Balaban J connectivity index is 1.08. The molecule has 5 aliphatic rings. The van der Waals surface area contributed by atoms with Crippen molar-refractivity contribution in [3.63, 3.8) is 0 Å². The molecule has 5 aliphatic carbocycles. The highest BCUT2D eigenvalue weighted by atomic mass is 15.1. The normalized spacial score (nSPS) is 23.7. The first-order chi connectivity index (χ1) is 24.3. The largest absolute Gasteiger partial charge is 0.310 e. The lowest BCUT2D eigenvalue weighted by Crippen LogP contribution is -2.17. The Labute approximate surface area is 299 Å². The molecule has 5 aromatic rings. The van der Waals surface area contributed by atoms with Gasteiger partial charge < -0.3 is 4.90 Å². The summed E-state index contributed by atoms with van der Waals surface area (Å²) in [7, 11) is 0. The number of anilines is 3. The molecule has 5 aromatic carbocycles. The van der Waals surface area contributed by atoms with Crippen LogP contribution in [0.15, 0.2) is 103 Å². The molecule has 3 saturated carbocycles. The summed E-state index contributed by atoms with van der Waals surface area (Å²) in [6.07, 6.45) is 12.5. The Morgan fingerprint density at radius 3 is 1.74 bits per heavy atom. The monoisotopic (exact) mass is 653 g/mol. The predicted octanol–water partition coefficient (Wildman–Crippen LogP) is 13.7. The molecule has 0 saturated heterocycles. The third kappa shape index (κ3) is 4.51. The number of fused-ring (bicyclic) bond motifs is 9. The van der Waals surface area contributed by atoms with Crippen molar-refractivity contribution in [1.29, 1.82) is 0 Å². The van der Waals surface area contributed by atoms with Crippen molar-refractivity contribution >= 4 is 17.1 Å². The van der Waals surface area contributed by atoms with Crippen molar-refractivity contribution in [2.24, 2.45) is 11.8 Å². The van der Waals surface area contributed by atoms with Crippen LogP contribution in [0.25, 0.3) is 22.3 Å². The van der Waals surface area contributed by atoms with Gasteiger partial charge >= 0.3 is 0 Å². The molecule has 1 heteroatoms. The number of nitrogens with zero attached hydrogens (tertiary/aromatic N) is 1. The average Bonchev–Trinajstić information content (AvgIpc) is 3.90. The lowest BCUT2D eigenvalue weighted by Gasteiger charge is -2.29. The van der Waals surface area contributed by atoms with Gasteiger partial charge in [0.15, 0.2) is 0 Å². The van der Waals surface area contributed by atoms with E-state index in [0.717, 1.165) is 17.8 Å². The van der Waals surface area contributed by atoms with Crippen LogP contribution in [0, 0.1) is 11.8 Å². The third-order valence-corrected chi connectivity index (χ3v) is 14.2. The van der Waals surface area contributed by atoms with E-state index in [-0.39, 0.29) is 10.8 Å². The second-order valence-corrected chi connectivity index (χ2v) is 17.6. The standard InChI is InChI=1S/C49H51N/c1-48(2)42-13-9-8-12-39(42)46-43(48)26-27-44-47(46)40-25-24-38(30-45(40)49(44,3)4)50(36-20-16-33(17-21-36)32-10-6-5-7-11-32)37-22-18-34(19-23-37)41-29-31-14-15-35(41)28-31/h8-9,12-13,16-27,30-32,35,41H,5-7,10-11,14-15,28-29H2,1-4H3. The van der Waals surface area contributed by atoms with Crippen molar-refractivity contribution in [3.05, 3.63) is 137 Å². The van der Waals surface area contributed by atoms with Crippen LogP contribution in [0.5, 0.6) is 0 Å². The van der Waals surface area contributed by atoms with Crippen LogP contribution in [-0.4, -0.2) is 0 Å². The molecule has 1 nitrogen and oxygen atoms in total. The smallest absolute Gasteiger partial charge is 0.0465 e. The molecule has 0 heterocycles. The molecular formula is C49H51N. The zero-order valence-electron chi connectivity index (χ0n) is 30.4. The van der Waals surface area contributed by atoms with Gasteiger partial charge in [-0.05, 0) is 148 Å². The molecule has 0 N–H and O–H groups in total. The molecule has 0 amide bonds. The van der Waals surface area contributed by atoms with E-state index in [2.05, 4.69) is 136 Å². The topological polar surface area (TPSA) is 3.24 Å². The fourth-order valence-electron chi connectivity index (χ4n) is 11.4. The summed E-state index contributed by atoms with van der Waals surface area (Å²) in [5.74, 6) is 3.32. The molecule has 252 valence electrons. The van der Waals surface area contributed by atoms with Gasteiger partial charge in [-0.25, -0.2) is 0 Å². The Bertz CT molecular complexity index is 2110. The maximum atomic E-state index is 2.53. The molecule has 3 fully saturated rings. The quantitative estimate of drug-likeness (QED) is 0.182. The van der Waals surface area contributed by atoms with Crippen molar-refractivity contribution in [2.75, 3.05) is 4.90 Å². The van der Waals surface area contributed by atoms with Gasteiger partial charge in [-0.3, -0.25) is 0 Å². The Morgan fingerprint density at radius 2 is 1.10 bits per heavy atom. The van der Waals surface area contributed by atoms with Gasteiger partial charge in [-0.1, -0.05) is 120 Å². The van der Waals surface area contributed by atoms with Crippen molar-refractivity contribution in [3.8, 4) is 22.3 Å². The first kappa shape index (κ1) is 30.7. The molecular weight excluding hydrogens is 603 g/mol. The van der Waals surface area contributed by atoms with E-state index in [1.807, 2.05) is 0 Å². The lowest BCUT2D eigenvalue weighted by molar-refractivity contribution is 0.420. The molecule has 3 atom stereocenters. The molecule has 2 bridgehead atoms. The van der Waals surface area contributed by atoms with Crippen LogP contribution in [0.1, 0.15) is 131 Å². The van der Waals surface area contributed by atoms with Crippen LogP contribution < -0.4 is 4.90 Å². The van der Waals surface area contributed by atoms with E-state index in [0.29, 0.717) is 5.92 Å². The summed E-state index contributed by atoms with van der Waals surface area (Å²) >= 11 is 0. The summed E-state index contributed by atoms with van der Waals surface area (Å²) in [5.41, 5.74) is 18.2. The minimum atomic E-state index is -0.0977. The van der Waals surface area contributed by atoms with E-state index in [4.69, 9.17) is 0 Å². The SMILES string of the molecule is CC1(C)c2ccccc2-c2c1ccc1c2-c2ccc(N(c3ccc(C4CCCCC4)cc3)c3ccc(C4CC5CCC4C5)cc3)cc2C1(C)C.